The molecule has 1 amide bonds. The number of carbonyl (C=O) groups excluding carboxylic acids is 2. The molecule has 0 aromatic heterocycles. The van der Waals surface area contributed by atoms with Gasteiger partial charge in [0.05, 0.1) is 12.7 Å². The molecule has 5 heteroatoms. The molecule has 0 radical (unpaired) electrons. The zero-order valence-electron chi connectivity index (χ0n) is 13.1. The first-order valence-electron chi connectivity index (χ1n) is 6.96. The number of alkyl carbamates (subject to hydrolysis) is 1. The molecule has 0 heterocycles. The minimum Gasteiger partial charge on any atom is -0.465 e. The van der Waals surface area contributed by atoms with E-state index in [1.807, 2.05) is 32.9 Å². The van der Waals surface area contributed by atoms with Crippen LogP contribution in [0.5, 0.6) is 0 Å². The maximum atomic E-state index is 11.6. The summed E-state index contributed by atoms with van der Waals surface area (Å²) in [6.07, 6.45) is 0.970. The van der Waals surface area contributed by atoms with Crippen molar-refractivity contribution in [3.8, 4) is 0 Å². The van der Waals surface area contributed by atoms with E-state index in [-0.39, 0.29) is 5.97 Å². The number of hydrogen-bond donors (Lipinski definition) is 1. The summed E-state index contributed by atoms with van der Waals surface area (Å²) in [6.45, 7) is 5.95. The van der Waals surface area contributed by atoms with Gasteiger partial charge in [0.15, 0.2) is 0 Å². The Hall–Kier alpha value is -2.04. The van der Waals surface area contributed by atoms with Crippen LogP contribution in [0, 0.1) is 0 Å². The molecule has 0 bridgehead atoms. The Morgan fingerprint density at radius 1 is 1.19 bits per heavy atom. The molecule has 0 unspecified atom stereocenters. The van der Waals surface area contributed by atoms with Gasteiger partial charge in [-0.15, -0.1) is 0 Å². The average Bonchev–Trinajstić information content (AvgIpc) is 2.41. The van der Waals surface area contributed by atoms with Crippen molar-refractivity contribution in [2.45, 2.75) is 39.2 Å². The quantitative estimate of drug-likeness (QED) is 0.669. The Labute approximate surface area is 125 Å². The van der Waals surface area contributed by atoms with Gasteiger partial charge in [-0.3, -0.25) is 0 Å². The smallest absolute Gasteiger partial charge is 0.407 e. The summed E-state index contributed by atoms with van der Waals surface area (Å²) < 4.78 is 9.89. The molecule has 0 aliphatic heterocycles. The van der Waals surface area contributed by atoms with E-state index >= 15 is 0 Å². The van der Waals surface area contributed by atoms with Crippen LogP contribution in [0.3, 0.4) is 0 Å². The van der Waals surface area contributed by atoms with Crippen molar-refractivity contribution in [2.75, 3.05) is 13.7 Å². The molecule has 0 atom stereocenters. The van der Waals surface area contributed by atoms with Crippen LogP contribution in [0.1, 0.15) is 43.1 Å². The van der Waals surface area contributed by atoms with Crippen molar-refractivity contribution >= 4 is 12.1 Å². The number of benzene rings is 1. The fraction of sp³-hybridized carbons (Fsp3) is 0.500. The zero-order valence-corrected chi connectivity index (χ0v) is 13.1. The summed E-state index contributed by atoms with van der Waals surface area (Å²) in [7, 11) is 1.36. The van der Waals surface area contributed by atoms with Crippen molar-refractivity contribution in [3.63, 3.8) is 0 Å². The van der Waals surface area contributed by atoms with E-state index in [1.165, 1.54) is 7.11 Å². The lowest BCUT2D eigenvalue weighted by Gasteiger charge is -2.19. The summed E-state index contributed by atoms with van der Waals surface area (Å²) in [5.41, 5.74) is 0.981. The predicted molar refractivity (Wildman–Crippen MR) is 80.3 cm³/mol. The Balaban J connectivity index is 2.43. The largest absolute Gasteiger partial charge is 0.465 e. The standard InChI is InChI=1S/C16H23NO4/c1-16(2,3)21-15(19)17-11-7-9-12-8-5-6-10-13(12)14(18)20-4/h5-6,8,10H,7,9,11H2,1-4H3,(H,17,19). The minimum atomic E-state index is -0.498. The molecule has 0 saturated heterocycles. The van der Waals surface area contributed by atoms with Crippen LogP contribution in [-0.4, -0.2) is 31.3 Å². The first kappa shape index (κ1) is 17.0. The fourth-order valence-corrected chi connectivity index (χ4v) is 1.83. The second-order valence-electron chi connectivity index (χ2n) is 5.68. The van der Waals surface area contributed by atoms with Crippen LogP contribution in [0.15, 0.2) is 24.3 Å². The third-order valence-corrected chi connectivity index (χ3v) is 2.71. The van der Waals surface area contributed by atoms with Gasteiger partial charge < -0.3 is 14.8 Å². The molecular weight excluding hydrogens is 270 g/mol. The number of nitrogens with one attached hydrogen (secondary N) is 1. The highest BCUT2D eigenvalue weighted by Gasteiger charge is 2.15. The number of aryl methyl sites for hydroxylation is 1. The van der Waals surface area contributed by atoms with Crippen LogP contribution in [-0.2, 0) is 15.9 Å². The van der Waals surface area contributed by atoms with Gasteiger partial charge in [0.25, 0.3) is 0 Å². The summed E-state index contributed by atoms with van der Waals surface area (Å²) >= 11 is 0. The van der Waals surface area contributed by atoms with E-state index in [1.54, 1.807) is 12.1 Å². The maximum absolute atomic E-state index is 11.6. The summed E-state index contributed by atoms with van der Waals surface area (Å²) in [6, 6.07) is 7.31. The topological polar surface area (TPSA) is 64.6 Å². The predicted octanol–water partition coefficient (Wildman–Crippen LogP) is 2.93. The number of methoxy groups -OCH3 is 1. The van der Waals surface area contributed by atoms with Gasteiger partial charge in [-0.1, -0.05) is 18.2 Å². The summed E-state index contributed by atoms with van der Waals surface area (Å²) in [5, 5.41) is 2.69. The van der Waals surface area contributed by atoms with Gasteiger partial charge in [0, 0.05) is 6.54 Å². The highest BCUT2D eigenvalue weighted by Crippen LogP contribution is 2.12. The monoisotopic (exact) mass is 293 g/mol. The molecule has 0 aliphatic rings. The van der Waals surface area contributed by atoms with E-state index in [9.17, 15) is 9.59 Å². The lowest BCUT2D eigenvalue weighted by Crippen LogP contribution is -2.33. The number of carbonyl (C=O) groups is 2. The van der Waals surface area contributed by atoms with Gasteiger partial charge in [-0.25, -0.2) is 9.59 Å². The summed E-state index contributed by atoms with van der Waals surface area (Å²) in [4.78, 5) is 23.1. The lowest BCUT2D eigenvalue weighted by molar-refractivity contribution is 0.0525. The molecular formula is C16H23NO4. The average molecular weight is 293 g/mol. The van der Waals surface area contributed by atoms with Crippen LogP contribution < -0.4 is 5.32 Å². The Kier molecular flexibility index (Phi) is 6.21. The minimum absolute atomic E-state index is 0.342. The third-order valence-electron chi connectivity index (χ3n) is 2.71. The number of hydrogen-bond acceptors (Lipinski definition) is 4. The van der Waals surface area contributed by atoms with Crippen LogP contribution >= 0.6 is 0 Å². The van der Waals surface area contributed by atoms with Crippen LogP contribution in [0.4, 0.5) is 4.79 Å². The maximum Gasteiger partial charge on any atom is 0.407 e. The molecule has 5 nitrogen and oxygen atoms in total. The van der Waals surface area contributed by atoms with Gasteiger partial charge >= 0.3 is 12.1 Å². The van der Waals surface area contributed by atoms with Gasteiger partial charge in [-0.05, 0) is 45.2 Å². The van der Waals surface area contributed by atoms with E-state index in [2.05, 4.69) is 5.32 Å². The molecule has 1 N–H and O–H groups in total. The van der Waals surface area contributed by atoms with E-state index in [0.717, 1.165) is 5.56 Å². The molecule has 0 fully saturated rings. The molecule has 21 heavy (non-hydrogen) atoms. The van der Waals surface area contributed by atoms with Gasteiger partial charge in [0.2, 0.25) is 0 Å². The van der Waals surface area contributed by atoms with Crippen LogP contribution in [0.2, 0.25) is 0 Å². The van der Waals surface area contributed by atoms with Crippen LogP contribution in [0.25, 0.3) is 0 Å². The number of ether oxygens (including phenoxy) is 2. The first-order chi connectivity index (χ1) is 9.83. The van der Waals surface area contributed by atoms with Crippen molar-refractivity contribution in [3.05, 3.63) is 35.4 Å². The second-order valence-corrected chi connectivity index (χ2v) is 5.68. The number of rotatable bonds is 5. The van der Waals surface area contributed by atoms with E-state index < -0.39 is 11.7 Å². The molecule has 1 aromatic rings. The van der Waals surface area contributed by atoms with Crippen molar-refractivity contribution < 1.29 is 19.1 Å². The zero-order chi connectivity index (χ0) is 15.9. The van der Waals surface area contributed by atoms with Crippen molar-refractivity contribution in [1.82, 2.24) is 5.32 Å². The fourth-order valence-electron chi connectivity index (χ4n) is 1.83. The molecule has 116 valence electrons. The number of esters is 1. The Bertz CT molecular complexity index is 491. The Morgan fingerprint density at radius 2 is 1.86 bits per heavy atom. The molecule has 0 saturated carbocycles. The summed E-state index contributed by atoms with van der Waals surface area (Å²) in [5.74, 6) is -0.342. The van der Waals surface area contributed by atoms with Crippen molar-refractivity contribution in [2.24, 2.45) is 0 Å². The molecule has 0 spiro atoms. The van der Waals surface area contributed by atoms with E-state index in [4.69, 9.17) is 9.47 Å². The first-order valence-corrected chi connectivity index (χ1v) is 6.96. The highest BCUT2D eigenvalue weighted by atomic mass is 16.6. The van der Waals surface area contributed by atoms with Gasteiger partial charge in [-0.2, -0.15) is 0 Å². The highest BCUT2D eigenvalue weighted by molar-refractivity contribution is 5.90. The molecule has 0 aliphatic carbocycles. The Morgan fingerprint density at radius 3 is 2.48 bits per heavy atom. The lowest BCUT2D eigenvalue weighted by atomic mass is 10.0. The SMILES string of the molecule is COC(=O)c1ccccc1CCCNC(=O)OC(C)(C)C. The van der Waals surface area contributed by atoms with Gasteiger partial charge in [0.1, 0.15) is 5.60 Å². The normalized spacial score (nSPS) is 10.9. The van der Waals surface area contributed by atoms with E-state index in [0.29, 0.717) is 24.9 Å². The molecule has 1 rings (SSSR count). The number of amides is 1. The third kappa shape index (κ3) is 6.29. The van der Waals surface area contributed by atoms with Crippen molar-refractivity contribution in [1.29, 1.82) is 0 Å². The second kappa shape index (κ2) is 7.67. The molecule has 1 aromatic carbocycles.